The van der Waals surface area contributed by atoms with E-state index >= 15 is 0 Å². The van der Waals surface area contributed by atoms with Gasteiger partial charge in [0.2, 0.25) is 0 Å². The Balaban J connectivity index is 1.28. The van der Waals surface area contributed by atoms with Crippen LogP contribution in [-0.2, 0) is 9.47 Å². The monoisotopic (exact) mass is 602 g/mol. The van der Waals surface area contributed by atoms with E-state index in [1.54, 1.807) is 25.7 Å². The lowest BCUT2D eigenvalue weighted by Gasteiger charge is -2.35. The van der Waals surface area contributed by atoms with E-state index in [1.807, 2.05) is 6.07 Å². The lowest BCUT2D eigenvalue weighted by molar-refractivity contribution is 0.115. The van der Waals surface area contributed by atoms with Crippen molar-refractivity contribution in [2.24, 2.45) is 0 Å². The molecule has 228 valence electrons. The van der Waals surface area contributed by atoms with E-state index < -0.39 is 6.09 Å². The van der Waals surface area contributed by atoms with E-state index in [-0.39, 0.29) is 53.5 Å². The molecule has 0 unspecified atom stereocenters. The summed E-state index contributed by atoms with van der Waals surface area (Å²) in [7, 11) is 3.07. The number of carbonyl (C=O) groups excluding carboxylic acids is 1. The van der Waals surface area contributed by atoms with E-state index in [9.17, 15) is 15.2 Å². The number of aromatic nitrogens is 8. The zero-order valence-corrected chi connectivity index (χ0v) is 24.1. The largest absolute Gasteiger partial charge is 0.504 e. The molecule has 4 aromatic rings. The van der Waals surface area contributed by atoms with Crippen molar-refractivity contribution in [2.45, 2.75) is 44.2 Å². The van der Waals surface area contributed by atoms with E-state index in [2.05, 4.69) is 40.1 Å². The number of H-pyrrole nitrogens is 1. The van der Waals surface area contributed by atoms with Crippen LogP contribution < -0.4 is 14.4 Å². The smallest absolute Gasteiger partial charge is 0.415 e. The molecule has 0 aromatic carbocycles. The lowest BCUT2D eigenvalue weighted by Crippen LogP contribution is -2.45. The average Bonchev–Trinajstić information content (AvgIpc) is 3.50. The minimum absolute atomic E-state index is 0.0585. The average molecular weight is 603 g/mol. The number of rotatable bonds is 11. The number of nitrogens with zero attached hydrogens (tertiary/aromatic N) is 9. The summed E-state index contributed by atoms with van der Waals surface area (Å²) in [6.45, 7) is 0.660. The van der Waals surface area contributed by atoms with Crippen LogP contribution >= 0.6 is 0 Å². The third-order valence-electron chi connectivity index (χ3n) is 6.92. The highest BCUT2D eigenvalue weighted by molar-refractivity contribution is 5.87. The van der Waals surface area contributed by atoms with Crippen molar-refractivity contribution in [3.63, 3.8) is 0 Å². The topological polar surface area (TPSA) is 207 Å². The van der Waals surface area contributed by atoms with Gasteiger partial charge in [0.1, 0.15) is 17.9 Å². The Bertz CT molecular complexity index is 1580. The quantitative estimate of drug-likeness (QED) is 0.237. The van der Waals surface area contributed by atoms with Crippen LogP contribution in [0.4, 0.5) is 10.6 Å². The molecule has 4 heterocycles. The predicted molar refractivity (Wildman–Crippen MR) is 153 cm³/mol. The van der Waals surface area contributed by atoms with Crippen LogP contribution in [-0.4, -0.2) is 90.9 Å². The second-order valence-corrected chi connectivity index (χ2v) is 9.74. The van der Waals surface area contributed by atoms with E-state index in [0.717, 1.165) is 0 Å². The lowest BCUT2D eigenvalue weighted by atomic mass is 9.92. The van der Waals surface area contributed by atoms with Gasteiger partial charge in [-0.2, -0.15) is 15.3 Å². The zero-order chi connectivity index (χ0) is 30.9. The number of carbonyl (C=O) groups is 1. The van der Waals surface area contributed by atoms with Crippen LogP contribution in [0.1, 0.15) is 37.7 Å². The standard InChI is InChI=1S/C28H30N10O6/c1-41-8-3-9-43-28(40)38(23-16-30-21(14-31-23)18-12-32-26(42-2)33-13-18)19-4-6-20(7-5-19)44-27-34-11-17(10-29)24(36-27)25-22(39)15-35-37-25/h11-16,19-20,39H,3-9H2,1-2H3,(H,35,37)/t19-,20-. The van der Waals surface area contributed by atoms with Crippen molar-refractivity contribution >= 4 is 11.9 Å². The van der Waals surface area contributed by atoms with Gasteiger partial charge in [-0.25, -0.2) is 24.7 Å². The van der Waals surface area contributed by atoms with E-state index in [1.165, 1.54) is 30.6 Å². The number of hydrogen-bond acceptors (Lipinski definition) is 14. The summed E-state index contributed by atoms with van der Waals surface area (Å²) in [4.78, 5) is 40.5. The number of aromatic amines is 1. The molecule has 1 aliphatic carbocycles. The maximum absolute atomic E-state index is 13.3. The molecule has 1 fully saturated rings. The minimum atomic E-state index is -0.529. The van der Waals surface area contributed by atoms with Crippen molar-refractivity contribution in [3.8, 4) is 46.5 Å². The van der Waals surface area contributed by atoms with Gasteiger partial charge in [-0.3, -0.25) is 15.0 Å². The number of nitriles is 1. The molecule has 1 aliphatic rings. The Kier molecular flexibility index (Phi) is 9.67. The van der Waals surface area contributed by atoms with Crippen LogP contribution in [0.15, 0.2) is 37.2 Å². The number of aromatic hydroxyl groups is 1. The molecule has 0 saturated heterocycles. The van der Waals surface area contributed by atoms with Crippen LogP contribution in [0.3, 0.4) is 0 Å². The second kappa shape index (κ2) is 14.2. The van der Waals surface area contributed by atoms with Gasteiger partial charge >= 0.3 is 18.1 Å². The first-order valence-corrected chi connectivity index (χ1v) is 13.8. The van der Waals surface area contributed by atoms with Gasteiger partial charge in [-0.1, -0.05) is 0 Å². The van der Waals surface area contributed by atoms with Gasteiger partial charge in [0.05, 0.1) is 49.8 Å². The molecule has 0 radical (unpaired) electrons. The van der Waals surface area contributed by atoms with Crippen LogP contribution in [0.25, 0.3) is 22.6 Å². The van der Waals surface area contributed by atoms with Gasteiger partial charge < -0.3 is 24.1 Å². The zero-order valence-electron chi connectivity index (χ0n) is 24.1. The minimum Gasteiger partial charge on any atom is -0.504 e. The summed E-state index contributed by atoms with van der Waals surface area (Å²) in [5, 5.41) is 26.0. The third kappa shape index (κ3) is 6.95. The summed E-state index contributed by atoms with van der Waals surface area (Å²) in [6, 6.07) is 2.07. The van der Waals surface area contributed by atoms with Crippen molar-refractivity contribution in [2.75, 3.05) is 32.3 Å². The summed E-state index contributed by atoms with van der Waals surface area (Å²) in [6.07, 6.45) is 11.0. The molecule has 1 saturated carbocycles. The number of amides is 1. The van der Waals surface area contributed by atoms with Gasteiger partial charge in [0.15, 0.2) is 17.3 Å². The van der Waals surface area contributed by atoms with Crippen molar-refractivity contribution in [1.82, 2.24) is 40.1 Å². The maximum Gasteiger partial charge on any atom is 0.415 e. The number of nitrogens with one attached hydrogen (secondary N) is 1. The van der Waals surface area contributed by atoms with Gasteiger partial charge in [-0.05, 0) is 25.7 Å². The fourth-order valence-corrected chi connectivity index (χ4v) is 4.72. The first-order chi connectivity index (χ1) is 21.5. The van der Waals surface area contributed by atoms with Gasteiger partial charge in [0.25, 0.3) is 0 Å². The molecule has 44 heavy (non-hydrogen) atoms. The van der Waals surface area contributed by atoms with Crippen molar-refractivity contribution < 1.29 is 28.8 Å². The molecule has 1 amide bonds. The highest BCUT2D eigenvalue weighted by Gasteiger charge is 2.33. The molecule has 0 spiro atoms. The van der Waals surface area contributed by atoms with Crippen molar-refractivity contribution in [1.29, 1.82) is 5.26 Å². The molecule has 0 bridgehead atoms. The highest BCUT2D eigenvalue weighted by Crippen LogP contribution is 2.31. The first kappa shape index (κ1) is 30.0. The normalized spacial score (nSPS) is 16.1. The van der Waals surface area contributed by atoms with Gasteiger partial charge in [-0.15, -0.1) is 0 Å². The van der Waals surface area contributed by atoms with Crippen LogP contribution in [0.5, 0.6) is 17.8 Å². The fraction of sp³-hybridized carbons (Fsp3) is 0.393. The maximum atomic E-state index is 13.3. The number of hydrogen-bond donors (Lipinski definition) is 2. The Morgan fingerprint density at radius 1 is 1.00 bits per heavy atom. The molecule has 5 rings (SSSR count). The summed E-state index contributed by atoms with van der Waals surface area (Å²) in [5.74, 6) is 0.206. The SMILES string of the molecule is COCCCOC(=O)N(c1cnc(-c2cnc(OC)nc2)cn1)[C@H]1CC[C@H](Oc2ncc(C#N)c(-c3n[nH]cc3O)n2)CC1. The molecular weight excluding hydrogens is 572 g/mol. The number of methoxy groups -OCH3 is 2. The highest BCUT2D eigenvalue weighted by atomic mass is 16.6. The predicted octanol–water partition coefficient (Wildman–Crippen LogP) is 3.07. The Labute approximate surface area is 252 Å². The van der Waals surface area contributed by atoms with Crippen LogP contribution in [0, 0.1) is 11.3 Å². The Morgan fingerprint density at radius 3 is 2.41 bits per heavy atom. The van der Waals surface area contributed by atoms with E-state index in [4.69, 9.17) is 18.9 Å². The number of anilines is 1. The van der Waals surface area contributed by atoms with Crippen LogP contribution in [0.2, 0.25) is 0 Å². The molecule has 0 aliphatic heterocycles. The summed E-state index contributed by atoms with van der Waals surface area (Å²) < 4.78 is 21.7. The fourth-order valence-electron chi connectivity index (χ4n) is 4.72. The summed E-state index contributed by atoms with van der Waals surface area (Å²) in [5.41, 5.74) is 1.62. The molecule has 2 N–H and O–H groups in total. The third-order valence-corrected chi connectivity index (χ3v) is 6.92. The van der Waals surface area contributed by atoms with Crippen molar-refractivity contribution in [3.05, 3.63) is 42.7 Å². The van der Waals surface area contributed by atoms with E-state index in [0.29, 0.717) is 55.8 Å². The number of ether oxygens (including phenoxy) is 4. The molecule has 4 aromatic heterocycles. The first-order valence-electron chi connectivity index (χ1n) is 13.8. The second-order valence-electron chi connectivity index (χ2n) is 9.74. The molecule has 16 nitrogen and oxygen atoms in total. The van der Waals surface area contributed by atoms with Gasteiger partial charge in [0, 0.05) is 44.1 Å². The molecular formula is C28H30N10O6. The molecule has 0 atom stereocenters. The molecule has 16 heteroatoms. The Hall–Kier alpha value is -5.43. The Morgan fingerprint density at radius 2 is 1.77 bits per heavy atom. The summed E-state index contributed by atoms with van der Waals surface area (Å²) >= 11 is 0.